The van der Waals surface area contributed by atoms with Gasteiger partial charge in [0.25, 0.3) is 5.91 Å². The van der Waals surface area contributed by atoms with Gasteiger partial charge in [0.05, 0.1) is 18.1 Å². The number of nitrogens with zero attached hydrogens (tertiary/aromatic N) is 1. The second-order valence-electron chi connectivity index (χ2n) is 9.84. The van der Waals surface area contributed by atoms with Gasteiger partial charge in [-0.1, -0.05) is 13.8 Å². The highest BCUT2D eigenvalue weighted by atomic mass is 32.2. The maximum Gasteiger partial charge on any atom is 0.251 e. The topological polar surface area (TPSA) is 75.7 Å². The number of sulfonamides is 1. The van der Waals surface area contributed by atoms with E-state index < -0.39 is 10.0 Å². The first-order valence-electron chi connectivity index (χ1n) is 11.1. The van der Waals surface area contributed by atoms with Crippen LogP contribution in [0.15, 0.2) is 17.0 Å². The number of aryl methyl sites for hydroxylation is 1. The van der Waals surface area contributed by atoms with Gasteiger partial charge in [0, 0.05) is 25.2 Å². The molecule has 1 amide bonds. The molecule has 0 aromatic heterocycles. The zero-order chi connectivity index (χ0) is 21.7. The molecule has 1 aromatic rings. The van der Waals surface area contributed by atoms with Crippen LogP contribution in [0.4, 0.5) is 0 Å². The molecule has 1 heterocycles. The van der Waals surface area contributed by atoms with E-state index in [0.717, 1.165) is 11.5 Å². The van der Waals surface area contributed by atoms with Gasteiger partial charge in [-0.15, -0.1) is 0 Å². The van der Waals surface area contributed by atoms with E-state index in [4.69, 9.17) is 4.74 Å². The second kappa shape index (κ2) is 7.92. The number of benzene rings is 1. The fraction of sp³-hybridized carbons (Fsp3) is 0.696. The number of carbonyl (C=O) groups is 1. The van der Waals surface area contributed by atoms with E-state index in [-0.39, 0.29) is 10.8 Å². The van der Waals surface area contributed by atoms with E-state index in [1.807, 2.05) is 13.8 Å². The molecule has 4 fully saturated rings. The van der Waals surface area contributed by atoms with Gasteiger partial charge in [-0.2, -0.15) is 4.31 Å². The van der Waals surface area contributed by atoms with E-state index in [0.29, 0.717) is 61.2 Å². The average molecular weight is 435 g/mol. The molecule has 0 spiro atoms. The minimum Gasteiger partial charge on any atom is -0.379 e. The molecule has 166 valence electrons. The van der Waals surface area contributed by atoms with Crippen molar-refractivity contribution in [3.63, 3.8) is 0 Å². The van der Waals surface area contributed by atoms with E-state index >= 15 is 0 Å². The molecule has 7 heteroatoms. The zero-order valence-electron chi connectivity index (χ0n) is 18.5. The SMILES string of the molecule is Cc1cc(C(=O)NCC2CC[C@@H]3C[C@@H]2C3(C)C)cc(S(=O)(=O)N2CCOCC2)c1C. The first-order valence-corrected chi connectivity index (χ1v) is 12.5. The second-order valence-corrected chi connectivity index (χ2v) is 11.7. The van der Waals surface area contributed by atoms with Crippen LogP contribution >= 0.6 is 0 Å². The van der Waals surface area contributed by atoms with Crippen molar-refractivity contribution in [3.8, 4) is 0 Å². The minimum absolute atomic E-state index is 0.184. The van der Waals surface area contributed by atoms with Gasteiger partial charge in [0.15, 0.2) is 0 Å². The lowest BCUT2D eigenvalue weighted by atomic mass is 9.45. The lowest BCUT2D eigenvalue weighted by Gasteiger charge is -2.60. The number of fused-ring (bicyclic) bond motifs is 2. The van der Waals surface area contributed by atoms with Gasteiger partial charge in [0.1, 0.15) is 0 Å². The van der Waals surface area contributed by atoms with Crippen LogP contribution in [-0.2, 0) is 14.8 Å². The summed E-state index contributed by atoms with van der Waals surface area (Å²) in [6.07, 6.45) is 3.69. The molecule has 1 N–H and O–H groups in total. The Labute approximate surface area is 180 Å². The van der Waals surface area contributed by atoms with Crippen LogP contribution in [0.1, 0.15) is 54.6 Å². The van der Waals surface area contributed by atoms with Crippen molar-refractivity contribution in [2.24, 2.45) is 23.2 Å². The van der Waals surface area contributed by atoms with Crippen molar-refractivity contribution in [1.82, 2.24) is 9.62 Å². The summed E-state index contributed by atoms with van der Waals surface area (Å²) in [5.41, 5.74) is 2.32. The minimum atomic E-state index is -3.65. The molecule has 3 aliphatic carbocycles. The van der Waals surface area contributed by atoms with Crippen LogP contribution in [0.2, 0.25) is 0 Å². The van der Waals surface area contributed by atoms with Crippen LogP contribution in [-0.4, -0.2) is 51.5 Å². The van der Waals surface area contributed by atoms with Crippen LogP contribution < -0.4 is 5.32 Å². The van der Waals surface area contributed by atoms with Crippen molar-refractivity contribution >= 4 is 15.9 Å². The predicted molar refractivity (Wildman–Crippen MR) is 116 cm³/mol. The van der Waals surface area contributed by atoms with Crippen molar-refractivity contribution in [1.29, 1.82) is 0 Å². The van der Waals surface area contributed by atoms with E-state index in [1.54, 1.807) is 12.1 Å². The van der Waals surface area contributed by atoms with Crippen LogP contribution in [0.3, 0.4) is 0 Å². The molecule has 2 bridgehead atoms. The number of nitrogens with one attached hydrogen (secondary N) is 1. The molecule has 1 unspecified atom stereocenters. The molecule has 3 atom stereocenters. The summed E-state index contributed by atoms with van der Waals surface area (Å²) in [5, 5.41) is 3.10. The third kappa shape index (κ3) is 3.69. The average Bonchev–Trinajstić information content (AvgIpc) is 2.74. The Kier molecular flexibility index (Phi) is 5.75. The lowest BCUT2D eigenvalue weighted by Crippen LogP contribution is -2.54. The van der Waals surface area contributed by atoms with Gasteiger partial charge in [-0.3, -0.25) is 4.79 Å². The fourth-order valence-corrected chi connectivity index (χ4v) is 7.42. The number of hydrogen-bond donors (Lipinski definition) is 1. The maximum atomic E-state index is 13.2. The van der Waals surface area contributed by atoms with Crippen molar-refractivity contribution in [2.45, 2.75) is 51.9 Å². The van der Waals surface area contributed by atoms with Gasteiger partial charge >= 0.3 is 0 Å². The molecule has 5 rings (SSSR count). The summed E-state index contributed by atoms with van der Waals surface area (Å²) in [4.78, 5) is 13.2. The number of morpholine rings is 1. The van der Waals surface area contributed by atoms with E-state index in [2.05, 4.69) is 19.2 Å². The lowest BCUT2D eigenvalue weighted by molar-refractivity contribution is -0.103. The standard InChI is InChI=1S/C23H34N2O4S/c1-15-11-18(12-21(16(15)2)30(27,28)25-7-9-29-10-8-25)22(26)24-14-17-5-6-19-13-20(17)23(19,3)4/h11-12,17,19-20H,5-10,13-14H2,1-4H3,(H,24,26)/t17?,19-,20+/m1/s1. The third-order valence-corrected chi connectivity index (χ3v) is 10.0. The van der Waals surface area contributed by atoms with Gasteiger partial charge in [-0.05, 0) is 79.5 Å². The zero-order valence-corrected chi connectivity index (χ0v) is 19.3. The highest BCUT2D eigenvalue weighted by molar-refractivity contribution is 7.89. The van der Waals surface area contributed by atoms with Crippen molar-refractivity contribution in [2.75, 3.05) is 32.8 Å². The summed E-state index contributed by atoms with van der Waals surface area (Å²) in [7, 11) is -3.65. The predicted octanol–water partition coefficient (Wildman–Crippen LogP) is 3.13. The number of amides is 1. The number of ether oxygens (including phenoxy) is 1. The molecular weight excluding hydrogens is 400 g/mol. The van der Waals surface area contributed by atoms with Crippen LogP contribution in [0, 0.1) is 37.0 Å². The molecule has 1 saturated heterocycles. The normalized spacial score (nSPS) is 28.6. The summed E-state index contributed by atoms with van der Waals surface area (Å²) in [6.45, 7) is 10.5. The Morgan fingerprint density at radius 1 is 1.20 bits per heavy atom. The van der Waals surface area contributed by atoms with E-state index in [9.17, 15) is 13.2 Å². The molecule has 0 radical (unpaired) electrons. The summed E-state index contributed by atoms with van der Waals surface area (Å²) in [6, 6.07) is 3.35. The maximum absolute atomic E-state index is 13.2. The molecular formula is C23H34N2O4S. The highest BCUT2D eigenvalue weighted by Crippen LogP contribution is 2.61. The summed E-state index contributed by atoms with van der Waals surface area (Å²) in [5.74, 6) is 1.84. The van der Waals surface area contributed by atoms with E-state index in [1.165, 1.54) is 23.6 Å². The molecule has 1 aromatic carbocycles. The Bertz CT molecular complexity index is 933. The Balaban J connectivity index is 1.51. The van der Waals surface area contributed by atoms with Gasteiger partial charge in [-0.25, -0.2) is 8.42 Å². The summed E-state index contributed by atoms with van der Waals surface area (Å²) < 4.78 is 33.1. The van der Waals surface area contributed by atoms with Crippen molar-refractivity contribution in [3.05, 3.63) is 28.8 Å². The number of hydrogen-bond acceptors (Lipinski definition) is 4. The largest absolute Gasteiger partial charge is 0.379 e. The first kappa shape index (κ1) is 21.8. The quantitative estimate of drug-likeness (QED) is 0.773. The van der Waals surface area contributed by atoms with Gasteiger partial charge < -0.3 is 10.1 Å². The number of rotatable bonds is 5. The van der Waals surface area contributed by atoms with Crippen LogP contribution in [0.25, 0.3) is 0 Å². The fourth-order valence-electron chi connectivity index (χ4n) is 5.68. The third-order valence-electron chi connectivity index (χ3n) is 8.00. The molecule has 1 aliphatic heterocycles. The number of carbonyl (C=O) groups excluding carboxylic acids is 1. The molecule has 4 aliphatic rings. The Morgan fingerprint density at radius 3 is 2.53 bits per heavy atom. The monoisotopic (exact) mass is 434 g/mol. The van der Waals surface area contributed by atoms with Gasteiger partial charge in [0.2, 0.25) is 10.0 Å². The smallest absolute Gasteiger partial charge is 0.251 e. The van der Waals surface area contributed by atoms with Crippen LogP contribution in [0.5, 0.6) is 0 Å². The molecule has 6 nitrogen and oxygen atoms in total. The molecule has 30 heavy (non-hydrogen) atoms. The Morgan fingerprint density at radius 2 is 1.90 bits per heavy atom. The first-order chi connectivity index (χ1) is 14.1. The molecule has 3 saturated carbocycles. The Hall–Kier alpha value is -1.44. The summed E-state index contributed by atoms with van der Waals surface area (Å²) >= 11 is 0. The van der Waals surface area contributed by atoms with Crippen molar-refractivity contribution < 1.29 is 17.9 Å². The highest BCUT2D eigenvalue weighted by Gasteiger charge is 2.53.